The summed E-state index contributed by atoms with van der Waals surface area (Å²) in [5.74, 6) is -1.04. The minimum atomic E-state index is -0.955. The molecule has 0 aromatic heterocycles. The Morgan fingerprint density at radius 3 is 2.50 bits per heavy atom. The quantitative estimate of drug-likeness (QED) is 0.677. The molecule has 1 aliphatic rings. The Balaban J connectivity index is 2.54. The predicted octanol–water partition coefficient (Wildman–Crippen LogP) is -0.397. The van der Waals surface area contributed by atoms with Crippen LogP contribution in [-0.2, 0) is 9.59 Å². The minimum Gasteiger partial charge on any atom is -0.480 e. The summed E-state index contributed by atoms with van der Waals surface area (Å²) in [6.45, 7) is 7.40. The number of nitrogens with zero attached hydrogens (tertiary/aromatic N) is 2. The Kier molecular flexibility index (Phi) is 6.07. The van der Waals surface area contributed by atoms with Gasteiger partial charge in [0, 0.05) is 32.2 Å². The zero-order valence-electron chi connectivity index (χ0n) is 11.2. The first kappa shape index (κ1) is 14.9. The van der Waals surface area contributed by atoms with Crippen molar-refractivity contribution in [1.29, 1.82) is 0 Å². The average Bonchev–Trinajstić information content (AvgIpc) is 2.36. The van der Waals surface area contributed by atoms with Gasteiger partial charge in [-0.25, -0.2) is 0 Å². The summed E-state index contributed by atoms with van der Waals surface area (Å²) in [5.41, 5.74) is 0. The van der Waals surface area contributed by atoms with Crippen LogP contribution in [0.5, 0.6) is 0 Å². The molecule has 6 nitrogen and oxygen atoms in total. The second-order valence-electron chi connectivity index (χ2n) is 4.70. The van der Waals surface area contributed by atoms with Gasteiger partial charge in [0.2, 0.25) is 5.91 Å². The monoisotopic (exact) mass is 257 g/mol. The van der Waals surface area contributed by atoms with Gasteiger partial charge >= 0.3 is 5.97 Å². The lowest BCUT2D eigenvalue weighted by Crippen LogP contribution is -2.51. The molecule has 0 aromatic rings. The molecular formula is C12H23N3O3. The van der Waals surface area contributed by atoms with E-state index in [1.54, 1.807) is 0 Å². The maximum atomic E-state index is 12.1. The first-order valence-corrected chi connectivity index (χ1v) is 6.49. The number of piperazine rings is 1. The molecule has 2 N–H and O–H groups in total. The molecule has 0 aliphatic carbocycles. The molecule has 1 rings (SSSR count). The van der Waals surface area contributed by atoms with Crippen LogP contribution in [0.3, 0.4) is 0 Å². The normalized spacial score (nSPS) is 18.3. The highest BCUT2D eigenvalue weighted by Gasteiger charge is 2.23. The molecule has 6 heteroatoms. The van der Waals surface area contributed by atoms with Crippen LogP contribution >= 0.6 is 0 Å². The van der Waals surface area contributed by atoms with Gasteiger partial charge in [-0.2, -0.15) is 0 Å². The standard InChI is InChI=1S/C12H23N3O3/c1-3-10(2)15(9-12(17)18)11(16)8-14-6-4-13-5-7-14/h10,13H,3-9H2,1-2H3,(H,17,18). The van der Waals surface area contributed by atoms with Crippen LogP contribution in [0.4, 0.5) is 0 Å². The molecule has 1 aliphatic heterocycles. The van der Waals surface area contributed by atoms with Crippen LogP contribution in [0, 0.1) is 0 Å². The highest BCUT2D eigenvalue weighted by Crippen LogP contribution is 2.05. The predicted molar refractivity (Wildman–Crippen MR) is 68.4 cm³/mol. The van der Waals surface area contributed by atoms with E-state index in [0.717, 1.165) is 32.6 Å². The molecule has 1 unspecified atom stereocenters. The molecule has 1 saturated heterocycles. The van der Waals surface area contributed by atoms with E-state index in [1.807, 2.05) is 13.8 Å². The molecule has 0 radical (unpaired) electrons. The van der Waals surface area contributed by atoms with E-state index < -0.39 is 5.97 Å². The number of rotatable bonds is 6. The third-order valence-corrected chi connectivity index (χ3v) is 3.32. The van der Waals surface area contributed by atoms with Gasteiger partial charge in [-0.3, -0.25) is 14.5 Å². The van der Waals surface area contributed by atoms with Crippen molar-refractivity contribution >= 4 is 11.9 Å². The number of amides is 1. The smallest absolute Gasteiger partial charge is 0.323 e. The van der Waals surface area contributed by atoms with Crippen molar-refractivity contribution in [2.24, 2.45) is 0 Å². The Morgan fingerprint density at radius 1 is 1.39 bits per heavy atom. The third-order valence-electron chi connectivity index (χ3n) is 3.32. The molecule has 18 heavy (non-hydrogen) atoms. The zero-order valence-corrected chi connectivity index (χ0v) is 11.2. The zero-order chi connectivity index (χ0) is 13.5. The molecule has 1 amide bonds. The molecule has 0 aromatic carbocycles. The molecule has 0 saturated carbocycles. The van der Waals surface area contributed by atoms with Gasteiger partial charge in [-0.1, -0.05) is 6.92 Å². The number of carbonyl (C=O) groups is 2. The van der Waals surface area contributed by atoms with Gasteiger partial charge in [0.05, 0.1) is 6.54 Å². The SMILES string of the molecule is CCC(C)N(CC(=O)O)C(=O)CN1CCNCC1. The lowest BCUT2D eigenvalue weighted by Gasteiger charge is -2.32. The van der Waals surface area contributed by atoms with Crippen LogP contribution in [0.15, 0.2) is 0 Å². The van der Waals surface area contributed by atoms with E-state index in [2.05, 4.69) is 10.2 Å². The van der Waals surface area contributed by atoms with Crippen LogP contribution < -0.4 is 5.32 Å². The maximum absolute atomic E-state index is 12.1. The average molecular weight is 257 g/mol. The van der Waals surface area contributed by atoms with Gasteiger partial charge in [-0.15, -0.1) is 0 Å². The van der Waals surface area contributed by atoms with Crippen LogP contribution in [0.1, 0.15) is 20.3 Å². The second kappa shape index (κ2) is 7.33. The van der Waals surface area contributed by atoms with Crippen molar-refractivity contribution < 1.29 is 14.7 Å². The first-order valence-electron chi connectivity index (χ1n) is 6.49. The largest absolute Gasteiger partial charge is 0.480 e. The van der Waals surface area contributed by atoms with Crippen molar-refractivity contribution in [1.82, 2.24) is 15.1 Å². The van der Waals surface area contributed by atoms with Crippen molar-refractivity contribution in [2.45, 2.75) is 26.3 Å². The fourth-order valence-corrected chi connectivity index (χ4v) is 2.01. The topological polar surface area (TPSA) is 72.9 Å². The Hall–Kier alpha value is -1.14. The van der Waals surface area contributed by atoms with Crippen molar-refractivity contribution in [2.75, 3.05) is 39.3 Å². The number of hydrogen-bond donors (Lipinski definition) is 2. The summed E-state index contributed by atoms with van der Waals surface area (Å²) < 4.78 is 0. The second-order valence-corrected chi connectivity index (χ2v) is 4.70. The van der Waals surface area contributed by atoms with E-state index in [1.165, 1.54) is 4.90 Å². The van der Waals surface area contributed by atoms with Crippen molar-refractivity contribution in [3.05, 3.63) is 0 Å². The summed E-state index contributed by atoms with van der Waals surface area (Å²) in [6, 6.07) is -0.0310. The number of carboxylic acids is 1. The number of carbonyl (C=O) groups excluding carboxylic acids is 1. The van der Waals surface area contributed by atoms with E-state index in [0.29, 0.717) is 6.54 Å². The highest BCUT2D eigenvalue weighted by molar-refractivity contribution is 5.83. The van der Waals surface area contributed by atoms with Gasteiger partial charge in [0.1, 0.15) is 6.54 Å². The number of nitrogens with one attached hydrogen (secondary N) is 1. The molecule has 0 spiro atoms. The van der Waals surface area contributed by atoms with E-state index in [-0.39, 0.29) is 18.5 Å². The summed E-state index contributed by atoms with van der Waals surface area (Å²) in [4.78, 5) is 26.5. The minimum absolute atomic E-state index is 0.0310. The van der Waals surface area contributed by atoms with Crippen LogP contribution in [0.25, 0.3) is 0 Å². The van der Waals surface area contributed by atoms with Gasteiger partial charge in [-0.05, 0) is 13.3 Å². The molecule has 104 valence electrons. The van der Waals surface area contributed by atoms with Crippen LogP contribution in [-0.4, -0.2) is 72.1 Å². The fraction of sp³-hybridized carbons (Fsp3) is 0.833. The van der Waals surface area contributed by atoms with Gasteiger partial charge in [0.15, 0.2) is 0 Å². The Labute approximate surface area is 108 Å². The maximum Gasteiger partial charge on any atom is 0.323 e. The summed E-state index contributed by atoms with van der Waals surface area (Å²) >= 11 is 0. The van der Waals surface area contributed by atoms with E-state index in [4.69, 9.17) is 5.11 Å². The van der Waals surface area contributed by atoms with Crippen molar-refractivity contribution in [3.8, 4) is 0 Å². The lowest BCUT2D eigenvalue weighted by molar-refractivity contribution is -0.146. The van der Waals surface area contributed by atoms with Crippen molar-refractivity contribution in [3.63, 3.8) is 0 Å². The summed E-state index contributed by atoms with van der Waals surface area (Å²) in [5, 5.41) is 12.1. The van der Waals surface area contributed by atoms with Crippen LogP contribution in [0.2, 0.25) is 0 Å². The molecular weight excluding hydrogens is 234 g/mol. The molecule has 1 atom stereocenters. The summed E-state index contributed by atoms with van der Waals surface area (Å²) in [7, 11) is 0. The van der Waals surface area contributed by atoms with Gasteiger partial charge in [0.25, 0.3) is 0 Å². The van der Waals surface area contributed by atoms with E-state index in [9.17, 15) is 9.59 Å². The Morgan fingerprint density at radius 2 is 2.00 bits per heavy atom. The number of carboxylic acid groups (broad SMARTS) is 1. The highest BCUT2D eigenvalue weighted by atomic mass is 16.4. The van der Waals surface area contributed by atoms with Gasteiger partial charge < -0.3 is 15.3 Å². The third kappa shape index (κ3) is 4.62. The molecule has 1 fully saturated rings. The Bertz CT molecular complexity index is 290. The molecule has 0 bridgehead atoms. The summed E-state index contributed by atoms with van der Waals surface area (Å²) in [6.07, 6.45) is 0.764. The van der Waals surface area contributed by atoms with E-state index >= 15 is 0 Å². The lowest BCUT2D eigenvalue weighted by atomic mass is 10.2. The fourth-order valence-electron chi connectivity index (χ4n) is 2.01. The molecule has 1 heterocycles. The number of hydrogen-bond acceptors (Lipinski definition) is 4. The first-order chi connectivity index (χ1) is 8.54. The number of aliphatic carboxylic acids is 1.